The van der Waals surface area contributed by atoms with Crippen molar-refractivity contribution < 1.29 is 0 Å². The number of aromatic nitrogens is 1. The van der Waals surface area contributed by atoms with E-state index in [1.807, 2.05) is 0 Å². The first-order chi connectivity index (χ1) is 9.33. The summed E-state index contributed by atoms with van der Waals surface area (Å²) in [4.78, 5) is 0. The molecule has 2 aliphatic heterocycles. The van der Waals surface area contributed by atoms with Gasteiger partial charge in [-0.3, -0.25) is 0 Å². The van der Waals surface area contributed by atoms with Crippen LogP contribution in [-0.2, 0) is 13.0 Å². The minimum absolute atomic E-state index is 0.771. The summed E-state index contributed by atoms with van der Waals surface area (Å²) in [5.41, 5.74) is 6.12. The lowest BCUT2D eigenvalue weighted by atomic mass is 9.87. The Labute approximate surface area is 114 Å². The predicted octanol–water partition coefficient (Wildman–Crippen LogP) is 3.36. The van der Waals surface area contributed by atoms with Crippen molar-refractivity contribution in [3.05, 3.63) is 35.0 Å². The quantitative estimate of drug-likeness (QED) is 0.825. The summed E-state index contributed by atoms with van der Waals surface area (Å²) in [5, 5.41) is 4.95. The maximum Gasteiger partial charge on any atom is 0.0515 e. The average molecular weight is 254 g/mol. The fourth-order valence-electron chi connectivity index (χ4n) is 3.96. The molecule has 2 heteroatoms. The van der Waals surface area contributed by atoms with Gasteiger partial charge in [-0.15, -0.1) is 0 Å². The lowest BCUT2D eigenvalue weighted by Crippen LogP contribution is -2.26. The third-order valence-corrected chi connectivity index (χ3v) is 4.94. The Morgan fingerprint density at radius 1 is 1.16 bits per heavy atom. The first-order valence-electron chi connectivity index (χ1n) is 7.66. The second-order valence-electron chi connectivity index (χ2n) is 6.18. The molecule has 0 saturated carbocycles. The molecule has 0 amide bonds. The average Bonchev–Trinajstić information content (AvgIpc) is 2.78. The number of aryl methyl sites for hydroxylation is 3. The number of benzene rings is 1. The fourth-order valence-corrected chi connectivity index (χ4v) is 3.96. The fraction of sp³-hybridized carbons (Fsp3) is 0.529. The number of piperidine rings is 1. The van der Waals surface area contributed by atoms with Gasteiger partial charge < -0.3 is 9.88 Å². The van der Waals surface area contributed by atoms with Gasteiger partial charge in [0.05, 0.1) is 5.52 Å². The van der Waals surface area contributed by atoms with Crippen LogP contribution in [0.15, 0.2) is 18.2 Å². The summed E-state index contributed by atoms with van der Waals surface area (Å²) in [6.07, 6.45) is 5.15. The Hall–Kier alpha value is -1.28. The van der Waals surface area contributed by atoms with Crippen LogP contribution in [0.1, 0.15) is 42.0 Å². The second kappa shape index (κ2) is 4.38. The zero-order valence-electron chi connectivity index (χ0n) is 11.7. The Morgan fingerprint density at radius 2 is 2.00 bits per heavy atom. The normalized spacial score (nSPS) is 20.1. The van der Waals surface area contributed by atoms with Crippen LogP contribution in [0.2, 0.25) is 0 Å². The molecule has 0 radical (unpaired) electrons. The van der Waals surface area contributed by atoms with E-state index in [9.17, 15) is 0 Å². The summed E-state index contributed by atoms with van der Waals surface area (Å²) >= 11 is 0. The molecule has 0 aliphatic carbocycles. The molecule has 2 aliphatic rings. The van der Waals surface area contributed by atoms with Gasteiger partial charge in [-0.2, -0.15) is 0 Å². The minimum atomic E-state index is 0.771. The van der Waals surface area contributed by atoms with Crippen LogP contribution < -0.4 is 5.32 Å². The van der Waals surface area contributed by atoms with Crippen LogP contribution in [0.4, 0.5) is 0 Å². The maximum atomic E-state index is 3.47. The van der Waals surface area contributed by atoms with E-state index in [1.54, 1.807) is 11.1 Å². The Bertz CT molecular complexity index is 618. The van der Waals surface area contributed by atoms with Gasteiger partial charge in [0.25, 0.3) is 0 Å². The van der Waals surface area contributed by atoms with Gasteiger partial charge >= 0.3 is 0 Å². The van der Waals surface area contributed by atoms with Crippen molar-refractivity contribution in [2.75, 3.05) is 13.1 Å². The Balaban J connectivity index is 1.85. The standard InChI is InChI=1S/C17H22N2/c1-12-9-16-11-15(13-4-6-18-7-5-13)10-14-3-2-8-19(12)17(14)16/h9-11,13,18H,2-8H2,1H3. The molecule has 0 atom stereocenters. The molecule has 1 aromatic carbocycles. The van der Waals surface area contributed by atoms with Crippen LogP contribution in [0.25, 0.3) is 10.9 Å². The second-order valence-corrected chi connectivity index (χ2v) is 6.18. The molecule has 1 aromatic heterocycles. The van der Waals surface area contributed by atoms with Crippen LogP contribution in [0.3, 0.4) is 0 Å². The molecular weight excluding hydrogens is 232 g/mol. The van der Waals surface area contributed by atoms with Crippen LogP contribution in [0, 0.1) is 6.92 Å². The molecule has 1 fully saturated rings. The van der Waals surface area contributed by atoms with Crippen LogP contribution >= 0.6 is 0 Å². The summed E-state index contributed by atoms with van der Waals surface area (Å²) in [6.45, 7) is 5.81. The maximum absolute atomic E-state index is 3.47. The highest BCUT2D eigenvalue weighted by Gasteiger charge is 2.20. The number of nitrogens with one attached hydrogen (secondary N) is 1. The molecule has 1 saturated heterocycles. The van der Waals surface area contributed by atoms with Crippen molar-refractivity contribution >= 4 is 10.9 Å². The van der Waals surface area contributed by atoms with E-state index in [2.05, 4.69) is 35.0 Å². The van der Waals surface area contributed by atoms with Crippen LogP contribution in [-0.4, -0.2) is 17.7 Å². The highest BCUT2D eigenvalue weighted by Crippen LogP contribution is 2.34. The van der Waals surface area contributed by atoms with Gasteiger partial charge in [-0.05, 0) is 74.9 Å². The molecule has 4 rings (SSSR count). The smallest absolute Gasteiger partial charge is 0.0515 e. The lowest BCUT2D eigenvalue weighted by molar-refractivity contribution is 0.460. The highest BCUT2D eigenvalue weighted by atomic mass is 15.0. The van der Waals surface area contributed by atoms with E-state index in [1.165, 1.54) is 61.9 Å². The van der Waals surface area contributed by atoms with Gasteiger partial charge in [0.2, 0.25) is 0 Å². The van der Waals surface area contributed by atoms with E-state index in [0.29, 0.717) is 0 Å². The van der Waals surface area contributed by atoms with Crippen molar-refractivity contribution in [2.45, 2.75) is 45.1 Å². The lowest BCUT2D eigenvalue weighted by Gasteiger charge is -2.25. The molecule has 0 spiro atoms. The SMILES string of the molecule is Cc1cc2cc(C3CCNCC3)cc3c2n1CCC3. The minimum Gasteiger partial charge on any atom is -0.345 e. The first-order valence-corrected chi connectivity index (χ1v) is 7.66. The summed E-state index contributed by atoms with van der Waals surface area (Å²) < 4.78 is 2.51. The van der Waals surface area contributed by atoms with Crippen molar-refractivity contribution in [2.24, 2.45) is 0 Å². The molecule has 2 nitrogen and oxygen atoms in total. The third-order valence-electron chi connectivity index (χ3n) is 4.94. The molecular formula is C17H22N2. The summed E-state index contributed by atoms with van der Waals surface area (Å²) in [7, 11) is 0. The molecule has 0 unspecified atom stereocenters. The topological polar surface area (TPSA) is 17.0 Å². The summed E-state index contributed by atoms with van der Waals surface area (Å²) in [6, 6.07) is 7.35. The van der Waals surface area contributed by atoms with Crippen LogP contribution in [0.5, 0.6) is 0 Å². The molecule has 3 heterocycles. The summed E-state index contributed by atoms with van der Waals surface area (Å²) in [5.74, 6) is 0.771. The van der Waals surface area contributed by atoms with Gasteiger partial charge in [0.15, 0.2) is 0 Å². The van der Waals surface area contributed by atoms with Crippen molar-refractivity contribution in [1.82, 2.24) is 9.88 Å². The van der Waals surface area contributed by atoms with Crippen molar-refractivity contribution in [3.8, 4) is 0 Å². The molecule has 19 heavy (non-hydrogen) atoms. The zero-order valence-corrected chi connectivity index (χ0v) is 11.7. The number of hydrogen-bond acceptors (Lipinski definition) is 1. The van der Waals surface area contributed by atoms with Gasteiger partial charge in [-0.1, -0.05) is 6.07 Å². The zero-order chi connectivity index (χ0) is 12.8. The first kappa shape index (κ1) is 11.5. The van der Waals surface area contributed by atoms with Gasteiger partial charge in [0.1, 0.15) is 0 Å². The van der Waals surface area contributed by atoms with Gasteiger partial charge in [-0.25, -0.2) is 0 Å². The third kappa shape index (κ3) is 1.81. The van der Waals surface area contributed by atoms with E-state index in [4.69, 9.17) is 0 Å². The Kier molecular flexibility index (Phi) is 2.66. The molecule has 1 N–H and O–H groups in total. The Morgan fingerprint density at radius 3 is 2.84 bits per heavy atom. The van der Waals surface area contributed by atoms with E-state index in [-0.39, 0.29) is 0 Å². The van der Waals surface area contributed by atoms with Crippen molar-refractivity contribution in [3.63, 3.8) is 0 Å². The largest absolute Gasteiger partial charge is 0.345 e. The monoisotopic (exact) mass is 254 g/mol. The number of nitrogens with zero attached hydrogens (tertiary/aromatic N) is 1. The van der Waals surface area contributed by atoms with E-state index < -0.39 is 0 Å². The van der Waals surface area contributed by atoms with E-state index in [0.717, 1.165) is 5.92 Å². The van der Waals surface area contributed by atoms with Gasteiger partial charge in [0, 0.05) is 17.6 Å². The van der Waals surface area contributed by atoms with Crippen molar-refractivity contribution in [1.29, 1.82) is 0 Å². The molecule has 0 bridgehead atoms. The predicted molar refractivity (Wildman–Crippen MR) is 79.8 cm³/mol. The van der Waals surface area contributed by atoms with E-state index >= 15 is 0 Å². The highest BCUT2D eigenvalue weighted by molar-refractivity contribution is 5.86. The molecule has 100 valence electrons. The number of rotatable bonds is 1. The molecule has 2 aromatic rings. The number of hydrogen-bond donors (Lipinski definition) is 1.